The van der Waals surface area contributed by atoms with Crippen molar-refractivity contribution in [3.8, 4) is 5.75 Å². The van der Waals surface area contributed by atoms with Crippen LogP contribution in [0.15, 0.2) is 27.4 Å². The molecule has 7 heteroatoms. The van der Waals surface area contributed by atoms with Crippen molar-refractivity contribution >= 4 is 22.8 Å². The van der Waals surface area contributed by atoms with Crippen LogP contribution in [0.25, 0.3) is 11.0 Å². The molecule has 146 valence electrons. The highest BCUT2D eigenvalue weighted by Gasteiger charge is 2.23. The van der Waals surface area contributed by atoms with Crippen molar-refractivity contribution in [2.45, 2.75) is 46.6 Å². The number of fused-ring (bicyclic) bond motifs is 1. The maximum absolute atomic E-state index is 12.1. The van der Waals surface area contributed by atoms with Gasteiger partial charge in [-0.05, 0) is 42.5 Å². The van der Waals surface area contributed by atoms with E-state index in [4.69, 9.17) is 9.15 Å². The molecule has 0 radical (unpaired) electrons. The second-order valence-corrected chi connectivity index (χ2v) is 6.89. The maximum Gasteiger partial charge on any atom is 0.336 e. The number of carboxylic acids is 1. The van der Waals surface area contributed by atoms with E-state index in [2.05, 4.69) is 5.32 Å². The van der Waals surface area contributed by atoms with Crippen molar-refractivity contribution in [2.24, 2.45) is 5.92 Å². The van der Waals surface area contributed by atoms with Crippen LogP contribution in [0.2, 0.25) is 0 Å². The van der Waals surface area contributed by atoms with Gasteiger partial charge in [-0.25, -0.2) is 9.59 Å². The Morgan fingerprint density at radius 2 is 1.96 bits per heavy atom. The molecule has 0 aliphatic carbocycles. The lowest BCUT2D eigenvalue weighted by Crippen LogP contribution is -2.46. The molecule has 0 unspecified atom stereocenters. The highest BCUT2D eigenvalue weighted by atomic mass is 16.5. The Morgan fingerprint density at radius 3 is 2.56 bits per heavy atom. The van der Waals surface area contributed by atoms with E-state index < -0.39 is 23.5 Å². The van der Waals surface area contributed by atoms with Crippen molar-refractivity contribution < 1.29 is 23.8 Å². The van der Waals surface area contributed by atoms with E-state index in [1.165, 1.54) is 6.07 Å². The summed E-state index contributed by atoms with van der Waals surface area (Å²) in [6, 6.07) is 3.98. The molecule has 27 heavy (non-hydrogen) atoms. The lowest BCUT2D eigenvalue weighted by Gasteiger charge is -2.18. The molecule has 0 aliphatic heterocycles. The van der Waals surface area contributed by atoms with Gasteiger partial charge in [0, 0.05) is 6.07 Å². The number of carboxylic acid groups (broad SMARTS) is 1. The predicted molar refractivity (Wildman–Crippen MR) is 101 cm³/mol. The first-order valence-electron chi connectivity index (χ1n) is 8.95. The van der Waals surface area contributed by atoms with Crippen molar-refractivity contribution in [2.75, 3.05) is 6.61 Å². The number of benzene rings is 1. The molecule has 7 nitrogen and oxygen atoms in total. The van der Waals surface area contributed by atoms with Gasteiger partial charge in [0.1, 0.15) is 17.4 Å². The van der Waals surface area contributed by atoms with E-state index in [0.717, 1.165) is 17.5 Å². The minimum absolute atomic E-state index is 0.253. The molecule has 0 bridgehead atoms. The number of nitrogens with one attached hydrogen (secondary N) is 1. The molecule has 1 aromatic carbocycles. The van der Waals surface area contributed by atoms with Gasteiger partial charge in [-0.2, -0.15) is 0 Å². The summed E-state index contributed by atoms with van der Waals surface area (Å²) in [7, 11) is 0. The van der Waals surface area contributed by atoms with Crippen molar-refractivity contribution in [1.82, 2.24) is 5.32 Å². The average Bonchev–Trinajstić information content (AvgIpc) is 2.56. The number of rotatable bonds is 8. The highest BCUT2D eigenvalue weighted by molar-refractivity contribution is 5.89. The van der Waals surface area contributed by atoms with E-state index in [-0.39, 0.29) is 12.5 Å². The fraction of sp³-hybridized carbons (Fsp3) is 0.450. The summed E-state index contributed by atoms with van der Waals surface area (Å²) < 4.78 is 11.0. The summed E-state index contributed by atoms with van der Waals surface area (Å²) in [5.74, 6) is -1.44. The minimum Gasteiger partial charge on any atom is -0.483 e. The van der Waals surface area contributed by atoms with Gasteiger partial charge in [0.05, 0.1) is 5.39 Å². The van der Waals surface area contributed by atoms with Gasteiger partial charge in [0.25, 0.3) is 5.91 Å². The van der Waals surface area contributed by atoms with Crippen LogP contribution in [0.1, 0.15) is 38.3 Å². The lowest BCUT2D eigenvalue weighted by atomic mass is 10.0. The summed E-state index contributed by atoms with van der Waals surface area (Å²) in [6.45, 7) is 6.93. The SMILES string of the molecule is CCCc1cc(=O)oc2cc(C)cc(OCC(=O)N[C@H](C(=O)O)C(C)C)c12. The number of ether oxygens (including phenoxy) is 1. The zero-order valence-corrected chi connectivity index (χ0v) is 16.0. The van der Waals surface area contributed by atoms with E-state index >= 15 is 0 Å². The number of hydrogen-bond donors (Lipinski definition) is 2. The molecule has 2 aromatic rings. The molecule has 1 amide bonds. The molecule has 0 spiro atoms. The Labute approximate surface area is 157 Å². The molecule has 1 atom stereocenters. The third-order valence-corrected chi connectivity index (χ3v) is 4.16. The molecule has 0 saturated heterocycles. The fourth-order valence-electron chi connectivity index (χ4n) is 2.92. The zero-order valence-electron chi connectivity index (χ0n) is 16.0. The Morgan fingerprint density at radius 1 is 1.26 bits per heavy atom. The van der Waals surface area contributed by atoms with Crippen molar-refractivity contribution in [3.63, 3.8) is 0 Å². The summed E-state index contributed by atoms with van der Waals surface area (Å²) in [5, 5.41) is 12.3. The Hall–Kier alpha value is -2.83. The Balaban J connectivity index is 2.29. The monoisotopic (exact) mass is 375 g/mol. The Bertz CT molecular complexity index is 899. The van der Waals surface area contributed by atoms with Crippen LogP contribution in [0.4, 0.5) is 0 Å². The summed E-state index contributed by atoms with van der Waals surface area (Å²) in [4.78, 5) is 35.2. The van der Waals surface area contributed by atoms with E-state index in [9.17, 15) is 19.5 Å². The lowest BCUT2D eigenvalue weighted by molar-refractivity contribution is -0.143. The Kier molecular flexibility index (Phi) is 6.60. The largest absolute Gasteiger partial charge is 0.483 e. The number of carbonyl (C=O) groups excluding carboxylic acids is 1. The maximum atomic E-state index is 12.1. The first-order chi connectivity index (χ1) is 12.7. The summed E-state index contributed by atoms with van der Waals surface area (Å²) in [6.07, 6.45) is 1.50. The van der Waals surface area contributed by atoms with Crippen molar-refractivity contribution in [3.05, 3.63) is 39.7 Å². The number of aliphatic carboxylic acids is 1. The van der Waals surface area contributed by atoms with Gasteiger partial charge >= 0.3 is 11.6 Å². The van der Waals surface area contributed by atoms with E-state index in [1.807, 2.05) is 13.8 Å². The van der Waals surface area contributed by atoms with Crippen LogP contribution >= 0.6 is 0 Å². The normalized spacial score (nSPS) is 12.2. The second-order valence-electron chi connectivity index (χ2n) is 6.89. The number of aryl methyl sites for hydroxylation is 2. The van der Waals surface area contributed by atoms with Gasteiger partial charge in [-0.3, -0.25) is 4.79 Å². The standard InChI is InChI=1S/C20H25NO6/c1-5-6-13-9-17(23)27-15-8-12(4)7-14(18(13)15)26-10-16(22)21-19(11(2)3)20(24)25/h7-9,11,19H,5-6,10H2,1-4H3,(H,21,22)(H,24,25)/t19-/m0/s1. The molecule has 2 rings (SSSR count). The fourth-order valence-corrected chi connectivity index (χ4v) is 2.92. The average molecular weight is 375 g/mol. The molecule has 0 saturated carbocycles. The van der Waals surface area contributed by atoms with E-state index in [0.29, 0.717) is 23.1 Å². The summed E-state index contributed by atoms with van der Waals surface area (Å²) in [5.41, 5.74) is 1.60. The van der Waals surface area contributed by atoms with Gasteiger partial charge in [0.15, 0.2) is 6.61 Å². The molecule has 1 heterocycles. The van der Waals surface area contributed by atoms with Crippen LogP contribution in [0.5, 0.6) is 5.75 Å². The van der Waals surface area contributed by atoms with Crippen LogP contribution in [0, 0.1) is 12.8 Å². The van der Waals surface area contributed by atoms with Crippen LogP contribution in [-0.2, 0) is 16.0 Å². The van der Waals surface area contributed by atoms with Crippen molar-refractivity contribution in [1.29, 1.82) is 0 Å². The predicted octanol–water partition coefficient (Wildman–Crippen LogP) is 2.66. The van der Waals surface area contributed by atoms with Crippen LogP contribution in [-0.4, -0.2) is 29.6 Å². The number of carbonyl (C=O) groups is 2. The second kappa shape index (κ2) is 8.70. The van der Waals surface area contributed by atoms with Gasteiger partial charge in [-0.15, -0.1) is 0 Å². The quantitative estimate of drug-likeness (QED) is 0.687. The van der Waals surface area contributed by atoms with E-state index in [1.54, 1.807) is 26.0 Å². The third-order valence-electron chi connectivity index (χ3n) is 4.16. The summed E-state index contributed by atoms with van der Waals surface area (Å²) >= 11 is 0. The molecular weight excluding hydrogens is 350 g/mol. The molecule has 2 N–H and O–H groups in total. The van der Waals surface area contributed by atoms with Crippen LogP contribution < -0.4 is 15.7 Å². The molecule has 1 aromatic heterocycles. The van der Waals surface area contributed by atoms with Gasteiger partial charge < -0.3 is 19.6 Å². The van der Waals surface area contributed by atoms with Gasteiger partial charge in [-0.1, -0.05) is 27.2 Å². The number of amides is 1. The first kappa shape index (κ1) is 20.5. The minimum atomic E-state index is -1.09. The first-order valence-corrected chi connectivity index (χ1v) is 8.95. The zero-order chi connectivity index (χ0) is 20.1. The highest BCUT2D eigenvalue weighted by Crippen LogP contribution is 2.30. The topological polar surface area (TPSA) is 106 Å². The van der Waals surface area contributed by atoms with Crippen LogP contribution in [0.3, 0.4) is 0 Å². The molecular formula is C20H25NO6. The third kappa shape index (κ3) is 5.09. The molecule has 0 aliphatic rings. The number of hydrogen-bond acceptors (Lipinski definition) is 5. The van der Waals surface area contributed by atoms with Gasteiger partial charge in [0.2, 0.25) is 0 Å². The smallest absolute Gasteiger partial charge is 0.336 e. The molecule has 0 fully saturated rings.